The van der Waals surface area contributed by atoms with Crippen LogP contribution in [0.2, 0.25) is 0 Å². The fraction of sp³-hybridized carbons (Fsp3) is 0.429. The first-order valence-corrected chi connectivity index (χ1v) is 7.03. The molecular weight excluding hydrogens is 230 g/mol. The van der Waals surface area contributed by atoms with Crippen molar-refractivity contribution in [3.63, 3.8) is 0 Å². The van der Waals surface area contributed by atoms with Crippen LogP contribution >= 0.6 is 11.3 Å². The van der Waals surface area contributed by atoms with Crippen LogP contribution in [0, 0.1) is 5.92 Å². The lowest BCUT2D eigenvalue weighted by molar-refractivity contribution is 0.0450. The molecule has 2 aromatic rings. The lowest BCUT2D eigenvalue weighted by atomic mass is 9.89. The first kappa shape index (κ1) is 11.2. The topological polar surface area (TPSA) is 35.2 Å². The lowest BCUT2D eigenvalue weighted by Crippen LogP contribution is -2.28. The fourth-order valence-corrected chi connectivity index (χ4v) is 3.57. The predicted octanol–water partition coefficient (Wildman–Crippen LogP) is 3.33. The van der Waals surface area contributed by atoms with E-state index in [0.29, 0.717) is 5.92 Å². The van der Waals surface area contributed by atoms with E-state index in [4.69, 9.17) is 10.5 Å². The van der Waals surface area contributed by atoms with Crippen LogP contribution < -0.4 is 5.73 Å². The van der Waals surface area contributed by atoms with E-state index >= 15 is 0 Å². The molecule has 1 aliphatic rings. The van der Waals surface area contributed by atoms with E-state index in [1.54, 1.807) is 11.3 Å². The van der Waals surface area contributed by atoms with Gasteiger partial charge < -0.3 is 10.5 Å². The van der Waals surface area contributed by atoms with Gasteiger partial charge in [0, 0.05) is 23.3 Å². The smallest absolute Gasteiger partial charge is 0.0512 e. The molecule has 2 nitrogen and oxygen atoms in total. The Kier molecular flexibility index (Phi) is 3.14. The summed E-state index contributed by atoms with van der Waals surface area (Å²) in [6, 6.07) is 8.62. The summed E-state index contributed by atoms with van der Waals surface area (Å²) in [6.45, 7) is 1.71. The molecule has 3 rings (SSSR count). The van der Waals surface area contributed by atoms with Crippen molar-refractivity contribution in [3.8, 4) is 0 Å². The molecule has 17 heavy (non-hydrogen) atoms. The molecule has 1 fully saturated rings. The Hall–Kier alpha value is -0.900. The molecule has 1 aromatic heterocycles. The van der Waals surface area contributed by atoms with Crippen molar-refractivity contribution in [3.05, 3.63) is 35.2 Å². The number of hydrogen-bond acceptors (Lipinski definition) is 3. The van der Waals surface area contributed by atoms with E-state index in [0.717, 1.165) is 19.6 Å². The Balaban J connectivity index is 1.92. The van der Waals surface area contributed by atoms with Gasteiger partial charge in [-0.05, 0) is 35.2 Å². The summed E-state index contributed by atoms with van der Waals surface area (Å²) in [4.78, 5) is 0. The minimum atomic E-state index is 0.117. The van der Waals surface area contributed by atoms with Crippen molar-refractivity contribution in [2.75, 3.05) is 13.2 Å². The molecule has 0 amide bonds. The molecule has 0 radical (unpaired) electrons. The second kappa shape index (κ2) is 4.77. The quantitative estimate of drug-likeness (QED) is 0.883. The third-order valence-corrected chi connectivity index (χ3v) is 4.56. The molecule has 2 atom stereocenters. The molecule has 1 aliphatic heterocycles. The first-order valence-electron chi connectivity index (χ1n) is 6.16. The molecule has 0 aliphatic carbocycles. The fourth-order valence-electron chi connectivity index (χ4n) is 2.56. The average molecular weight is 247 g/mol. The predicted molar refractivity (Wildman–Crippen MR) is 72.3 cm³/mol. The number of hydrogen-bond donors (Lipinski definition) is 1. The van der Waals surface area contributed by atoms with Gasteiger partial charge in [-0.25, -0.2) is 0 Å². The van der Waals surface area contributed by atoms with Crippen LogP contribution in [0.25, 0.3) is 10.1 Å². The van der Waals surface area contributed by atoms with Gasteiger partial charge in [-0.15, -0.1) is 11.3 Å². The molecule has 2 heterocycles. The summed E-state index contributed by atoms with van der Waals surface area (Å²) >= 11 is 1.79. The maximum absolute atomic E-state index is 6.41. The largest absolute Gasteiger partial charge is 0.381 e. The number of nitrogens with two attached hydrogens (primary N) is 1. The van der Waals surface area contributed by atoms with Crippen molar-refractivity contribution in [1.82, 2.24) is 0 Å². The van der Waals surface area contributed by atoms with Crippen LogP contribution in [-0.4, -0.2) is 13.2 Å². The van der Waals surface area contributed by atoms with E-state index in [1.807, 2.05) is 0 Å². The number of benzene rings is 1. The summed E-state index contributed by atoms with van der Waals surface area (Å²) in [5.74, 6) is 0.474. The molecule has 2 unspecified atom stereocenters. The third kappa shape index (κ3) is 2.10. The normalized spacial score (nSPS) is 22.8. The standard InChI is InChI=1S/C14H17NOS/c15-14(10-4-3-7-16-8-10)12-9-17-13-6-2-1-5-11(12)13/h1-2,5-6,9-10,14H,3-4,7-8,15H2. The molecule has 0 saturated carbocycles. The Morgan fingerprint density at radius 2 is 2.24 bits per heavy atom. The zero-order chi connectivity index (χ0) is 11.7. The molecule has 1 saturated heterocycles. The van der Waals surface area contributed by atoms with Crippen LogP contribution in [0.3, 0.4) is 0 Å². The minimum absolute atomic E-state index is 0.117. The summed E-state index contributed by atoms with van der Waals surface area (Å²) in [6.07, 6.45) is 2.33. The van der Waals surface area contributed by atoms with Crippen molar-refractivity contribution in [1.29, 1.82) is 0 Å². The second-order valence-corrected chi connectivity index (χ2v) is 5.60. The van der Waals surface area contributed by atoms with Gasteiger partial charge in [0.2, 0.25) is 0 Å². The number of ether oxygens (including phenoxy) is 1. The maximum atomic E-state index is 6.41. The summed E-state index contributed by atoms with van der Waals surface area (Å²) in [5.41, 5.74) is 7.70. The highest BCUT2D eigenvalue weighted by Gasteiger charge is 2.24. The van der Waals surface area contributed by atoms with E-state index in [2.05, 4.69) is 29.6 Å². The Morgan fingerprint density at radius 3 is 3.06 bits per heavy atom. The molecule has 1 aromatic carbocycles. The van der Waals surface area contributed by atoms with Crippen LogP contribution in [0.5, 0.6) is 0 Å². The second-order valence-electron chi connectivity index (χ2n) is 4.69. The monoisotopic (exact) mass is 247 g/mol. The number of rotatable bonds is 2. The first-order chi connectivity index (χ1) is 8.36. The van der Waals surface area contributed by atoms with E-state index in [1.165, 1.54) is 22.1 Å². The van der Waals surface area contributed by atoms with Crippen molar-refractivity contribution >= 4 is 21.4 Å². The lowest BCUT2D eigenvalue weighted by Gasteiger charge is -2.27. The van der Waals surface area contributed by atoms with Gasteiger partial charge in [-0.2, -0.15) is 0 Å². The van der Waals surface area contributed by atoms with Crippen LogP contribution in [0.4, 0.5) is 0 Å². The molecule has 0 spiro atoms. The van der Waals surface area contributed by atoms with Gasteiger partial charge in [-0.3, -0.25) is 0 Å². The minimum Gasteiger partial charge on any atom is -0.381 e. The zero-order valence-electron chi connectivity index (χ0n) is 9.76. The molecule has 90 valence electrons. The SMILES string of the molecule is NC(c1csc2ccccc12)C1CCCOC1. The molecular formula is C14H17NOS. The van der Waals surface area contributed by atoms with Gasteiger partial charge in [-0.1, -0.05) is 18.2 Å². The van der Waals surface area contributed by atoms with Crippen LogP contribution in [0.1, 0.15) is 24.4 Å². The van der Waals surface area contributed by atoms with E-state index < -0.39 is 0 Å². The highest BCUT2D eigenvalue weighted by atomic mass is 32.1. The maximum Gasteiger partial charge on any atom is 0.0512 e. The van der Waals surface area contributed by atoms with Gasteiger partial charge in [0.25, 0.3) is 0 Å². The Bertz CT molecular complexity index is 502. The highest BCUT2D eigenvalue weighted by Crippen LogP contribution is 2.34. The molecule has 2 N–H and O–H groups in total. The van der Waals surface area contributed by atoms with Crippen LogP contribution in [-0.2, 0) is 4.74 Å². The van der Waals surface area contributed by atoms with Gasteiger partial charge >= 0.3 is 0 Å². The van der Waals surface area contributed by atoms with Gasteiger partial charge in [0.15, 0.2) is 0 Å². The third-order valence-electron chi connectivity index (χ3n) is 3.57. The van der Waals surface area contributed by atoms with Crippen LogP contribution in [0.15, 0.2) is 29.6 Å². The van der Waals surface area contributed by atoms with E-state index in [9.17, 15) is 0 Å². The van der Waals surface area contributed by atoms with Crippen molar-refractivity contribution < 1.29 is 4.74 Å². The van der Waals surface area contributed by atoms with Crippen molar-refractivity contribution in [2.24, 2.45) is 11.7 Å². The average Bonchev–Trinajstić information content (AvgIpc) is 2.83. The van der Waals surface area contributed by atoms with Gasteiger partial charge in [0.05, 0.1) is 6.61 Å². The number of fused-ring (bicyclic) bond motifs is 1. The summed E-state index contributed by atoms with van der Waals surface area (Å²) in [7, 11) is 0. The highest BCUT2D eigenvalue weighted by molar-refractivity contribution is 7.17. The van der Waals surface area contributed by atoms with Gasteiger partial charge in [0.1, 0.15) is 0 Å². The molecule has 3 heteroatoms. The summed E-state index contributed by atoms with van der Waals surface area (Å²) < 4.78 is 6.87. The van der Waals surface area contributed by atoms with Crippen molar-refractivity contribution in [2.45, 2.75) is 18.9 Å². The Morgan fingerprint density at radius 1 is 1.35 bits per heavy atom. The Labute approximate surface area is 105 Å². The summed E-state index contributed by atoms with van der Waals surface area (Å²) in [5, 5.41) is 3.53. The van der Waals surface area contributed by atoms with E-state index in [-0.39, 0.29) is 6.04 Å². The zero-order valence-corrected chi connectivity index (χ0v) is 10.6. The number of thiophene rings is 1. The molecule has 0 bridgehead atoms.